The van der Waals surface area contributed by atoms with Crippen LogP contribution in [0, 0.1) is 5.92 Å². The number of halogens is 3. The lowest BCUT2D eigenvalue weighted by atomic mass is 10.2. The summed E-state index contributed by atoms with van der Waals surface area (Å²) in [5, 5.41) is 3.78. The van der Waals surface area contributed by atoms with Gasteiger partial charge in [0.2, 0.25) is 0 Å². The van der Waals surface area contributed by atoms with Gasteiger partial charge in [0, 0.05) is 6.54 Å². The molecule has 0 fully saturated rings. The molecule has 20 heavy (non-hydrogen) atoms. The molecule has 0 saturated heterocycles. The van der Waals surface area contributed by atoms with Crippen LogP contribution in [0.15, 0.2) is 6.33 Å². The number of ether oxygens (including phenoxy) is 1. The second-order valence-electron chi connectivity index (χ2n) is 4.76. The minimum Gasteiger partial charge on any atom is -0.463 e. The van der Waals surface area contributed by atoms with Gasteiger partial charge < -0.3 is 4.74 Å². The molecule has 1 rings (SSSR count). The molecule has 9 heteroatoms. The molecule has 0 bridgehead atoms. The molecule has 0 saturated carbocycles. The highest BCUT2D eigenvalue weighted by Gasteiger charge is 2.31. The number of hydrogen-bond donors (Lipinski definition) is 0. The van der Waals surface area contributed by atoms with Gasteiger partial charge in [-0.05, 0) is 5.92 Å². The summed E-state index contributed by atoms with van der Waals surface area (Å²) in [6, 6.07) is 0. The Balaban J connectivity index is 2.73. The fourth-order valence-electron chi connectivity index (χ4n) is 1.69. The fraction of sp³-hybridized carbons (Fsp3) is 0.727. The van der Waals surface area contributed by atoms with Gasteiger partial charge in [-0.2, -0.15) is 13.2 Å². The summed E-state index contributed by atoms with van der Waals surface area (Å²) in [7, 11) is 1.18. The molecule has 0 atom stereocenters. The summed E-state index contributed by atoms with van der Waals surface area (Å²) in [5.74, 6) is -0.833. The van der Waals surface area contributed by atoms with Crippen LogP contribution in [0.3, 0.4) is 0 Å². The molecule has 0 radical (unpaired) electrons. The first-order chi connectivity index (χ1) is 9.21. The molecule has 0 aromatic carbocycles. The van der Waals surface area contributed by atoms with Gasteiger partial charge in [-0.15, -0.1) is 5.10 Å². The van der Waals surface area contributed by atoms with Gasteiger partial charge in [0.25, 0.3) is 5.82 Å². The van der Waals surface area contributed by atoms with Gasteiger partial charge in [0.05, 0.1) is 20.3 Å². The van der Waals surface area contributed by atoms with E-state index in [1.807, 2.05) is 13.8 Å². The first-order valence-electron chi connectivity index (χ1n) is 5.98. The minimum absolute atomic E-state index is 0.0703. The third-order valence-corrected chi connectivity index (χ3v) is 2.28. The Morgan fingerprint density at radius 2 is 2.15 bits per heavy atom. The molecule has 0 unspecified atom stereocenters. The first kappa shape index (κ1) is 16.4. The molecule has 0 aliphatic rings. The quantitative estimate of drug-likeness (QED) is 0.745. The van der Waals surface area contributed by atoms with Gasteiger partial charge in [0.15, 0.2) is 0 Å². The van der Waals surface area contributed by atoms with Crippen LogP contribution < -0.4 is 0 Å². The molecular weight excluding hydrogens is 277 g/mol. The van der Waals surface area contributed by atoms with Crippen LogP contribution >= 0.6 is 0 Å². The topological polar surface area (TPSA) is 60.2 Å². The van der Waals surface area contributed by atoms with Gasteiger partial charge in [-0.1, -0.05) is 13.8 Å². The summed E-state index contributed by atoms with van der Waals surface area (Å²) in [5.41, 5.74) is 0. The summed E-state index contributed by atoms with van der Waals surface area (Å²) in [6.07, 6.45) is -3.09. The lowest BCUT2D eigenvalue weighted by Crippen LogP contribution is -2.38. The van der Waals surface area contributed by atoms with E-state index in [0.29, 0.717) is 0 Å². The van der Waals surface area contributed by atoms with Crippen LogP contribution in [-0.4, -0.2) is 52.0 Å². The molecule has 0 amide bonds. The Hall–Kier alpha value is -1.64. The molecule has 1 aromatic rings. The van der Waals surface area contributed by atoms with E-state index in [-0.39, 0.29) is 25.0 Å². The van der Waals surface area contributed by atoms with E-state index in [2.05, 4.69) is 14.8 Å². The van der Waals surface area contributed by atoms with Gasteiger partial charge in [-0.3, -0.25) is 4.90 Å². The van der Waals surface area contributed by atoms with Crippen LogP contribution in [0.5, 0.6) is 0 Å². The molecule has 114 valence electrons. The molecule has 0 spiro atoms. The lowest BCUT2D eigenvalue weighted by Gasteiger charge is -2.24. The smallest absolute Gasteiger partial charge is 0.401 e. The van der Waals surface area contributed by atoms with E-state index in [1.165, 1.54) is 23.0 Å². The van der Waals surface area contributed by atoms with E-state index in [0.717, 1.165) is 0 Å². The number of hydrogen-bond acceptors (Lipinski definition) is 5. The number of alkyl halides is 3. The zero-order chi connectivity index (χ0) is 15.3. The fourth-order valence-corrected chi connectivity index (χ4v) is 1.69. The summed E-state index contributed by atoms with van der Waals surface area (Å²) in [6.45, 7) is 2.77. The van der Waals surface area contributed by atoms with Crippen molar-refractivity contribution in [2.45, 2.75) is 26.7 Å². The summed E-state index contributed by atoms with van der Waals surface area (Å²) < 4.78 is 43.1. The standard InChI is InChI=1S/C11H17F3N4O2/c1-8(2)4-17(5-11(12,13)14)7-18-6-15-9(16-18)10(19)20-3/h6,8H,4-5,7H2,1-3H3. The molecule has 0 aliphatic heterocycles. The second-order valence-corrected chi connectivity index (χ2v) is 4.76. The van der Waals surface area contributed by atoms with Crippen LogP contribution in [0.4, 0.5) is 13.2 Å². The van der Waals surface area contributed by atoms with Gasteiger partial charge >= 0.3 is 12.1 Å². The van der Waals surface area contributed by atoms with E-state index in [1.54, 1.807) is 0 Å². The Morgan fingerprint density at radius 1 is 1.50 bits per heavy atom. The average molecular weight is 294 g/mol. The van der Waals surface area contributed by atoms with Crippen molar-refractivity contribution in [3.8, 4) is 0 Å². The number of carbonyl (C=O) groups is 1. The Labute approximate surface area is 114 Å². The number of esters is 1. The minimum atomic E-state index is -4.29. The van der Waals surface area contributed by atoms with E-state index >= 15 is 0 Å². The maximum absolute atomic E-state index is 12.5. The highest BCUT2D eigenvalue weighted by Crippen LogP contribution is 2.17. The highest BCUT2D eigenvalue weighted by molar-refractivity contribution is 5.84. The summed E-state index contributed by atoms with van der Waals surface area (Å²) >= 11 is 0. The SMILES string of the molecule is COC(=O)c1ncn(CN(CC(C)C)CC(F)(F)F)n1. The Morgan fingerprint density at radius 3 is 2.65 bits per heavy atom. The number of rotatable bonds is 6. The molecule has 1 aromatic heterocycles. The van der Waals surface area contributed by atoms with Crippen molar-refractivity contribution in [2.75, 3.05) is 20.2 Å². The van der Waals surface area contributed by atoms with Crippen LogP contribution in [0.2, 0.25) is 0 Å². The number of methoxy groups -OCH3 is 1. The van der Waals surface area contributed by atoms with Crippen molar-refractivity contribution in [3.05, 3.63) is 12.2 Å². The van der Waals surface area contributed by atoms with E-state index in [4.69, 9.17) is 0 Å². The first-order valence-corrected chi connectivity index (χ1v) is 5.98. The monoisotopic (exact) mass is 294 g/mol. The second kappa shape index (κ2) is 6.69. The van der Waals surface area contributed by atoms with Crippen LogP contribution in [-0.2, 0) is 11.4 Å². The Bertz CT molecular complexity index is 445. The predicted molar refractivity (Wildman–Crippen MR) is 63.8 cm³/mol. The van der Waals surface area contributed by atoms with Gasteiger partial charge in [-0.25, -0.2) is 14.5 Å². The largest absolute Gasteiger partial charge is 0.463 e. The Kier molecular flexibility index (Phi) is 5.49. The highest BCUT2D eigenvalue weighted by atomic mass is 19.4. The van der Waals surface area contributed by atoms with E-state index < -0.39 is 18.7 Å². The van der Waals surface area contributed by atoms with Crippen molar-refractivity contribution >= 4 is 5.97 Å². The van der Waals surface area contributed by atoms with Crippen molar-refractivity contribution in [1.29, 1.82) is 0 Å². The predicted octanol–water partition coefficient (Wildman–Crippen LogP) is 1.54. The van der Waals surface area contributed by atoms with Crippen LogP contribution in [0.25, 0.3) is 0 Å². The molecule has 0 aliphatic carbocycles. The molecule has 1 heterocycles. The molecule has 6 nitrogen and oxygen atoms in total. The number of aromatic nitrogens is 3. The zero-order valence-corrected chi connectivity index (χ0v) is 11.5. The number of carbonyl (C=O) groups excluding carboxylic acids is 1. The average Bonchev–Trinajstić information content (AvgIpc) is 2.73. The zero-order valence-electron chi connectivity index (χ0n) is 11.5. The van der Waals surface area contributed by atoms with Crippen molar-refractivity contribution in [2.24, 2.45) is 5.92 Å². The maximum Gasteiger partial charge on any atom is 0.401 e. The van der Waals surface area contributed by atoms with E-state index in [9.17, 15) is 18.0 Å². The molecule has 0 N–H and O–H groups in total. The van der Waals surface area contributed by atoms with Crippen molar-refractivity contribution in [3.63, 3.8) is 0 Å². The summed E-state index contributed by atoms with van der Waals surface area (Å²) in [4.78, 5) is 16.0. The normalized spacial score (nSPS) is 12.2. The third-order valence-electron chi connectivity index (χ3n) is 2.28. The molecular formula is C11H17F3N4O2. The maximum atomic E-state index is 12.5. The van der Waals surface area contributed by atoms with Crippen molar-refractivity contribution in [1.82, 2.24) is 19.7 Å². The van der Waals surface area contributed by atoms with Gasteiger partial charge in [0.1, 0.15) is 6.33 Å². The number of nitrogens with zero attached hydrogens (tertiary/aromatic N) is 4. The lowest BCUT2D eigenvalue weighted by molar-refractivity contribution is -0.150. The van der Waals surface area contributed by atoms with Crippen molar-refractivity contribution < 1.29 is 22.7 Å². The van der Waals surface area contributed by atoms with Crippen LogP contribution in [0.1, 0.15) is 24.5 Å². The third kappa shape index (κ3) is 5.55.